The Bertz CT molecular complexity index is 1310. The highest BCUT2D eigenvalue weighted by Gasteiger charge is 2.32. The van der Waals surface area contributed by atoms with Crippen molar-refractivity contribution in [2.45, 2.75) is 12.7 Å². The van der Waals surface area contributed by atoms with Crippen molar-refractivity contribution in [2.24, 2.45) is 0 Å². The molecule has 30 heavy (non-hydrogen) atoms. The normalized spacial score (nSPS) is 13.0. The lowest BCUT2D eigenvalue weighted by molar-refractivity contribution is -0.275. The Labute approximate surface area is 162 Å². The molecule has 4 nitrogen and oxygen atoms in total. The average Bonchev–Trinajstić information content (AvgIpc) is 3.13. The topological polar surface area (TPSA) is 44.7 Å². The number of ether oxygens (including phenoxy) is 2. The second-order valence-corrected chi connectivity index (χ2v) is 6.46. The lowest BCUT2D eigenvalue weighted by Gasteiger charge is -2.07. The van der Waals surface area contributed by atoms with Crippen LogP contribution in [0, 0.1) is 0 Å². The number of hydrogen-bond acceptors (Lipinski definition) is 4. The minimum atomic E-state index is -4.83. The van der Waals surface area contributed by atoms with E-state index in [4.69, 9.17) is 8.83 Å². The second-order valence-electron chi connectivity index (χ2n) is 6.46. The lowest BCUT2D eigenvalue weighted by atomic mass is 10.1. The van der Waals surface area contributed by atoms with Crippen LogP contribution in [0.2, 0.25) is 0 Å². The van der Waals surface area contributed by atoms with E-state index in [1.807, 2.05) is 0 Å². The summed E-state index contributed by atoms with van der Waals surface area (Å²) in [7, 11) is 0. The highest BCUT2D eigenvalue weighted by Crippen LogP contribution is 2.39. The zero-order valence-electron chi connectivity index (χ0n) is 14.5. The van der Waals surface area contributed by atoms with E-state index < -0.39 is 24.2 Å². The first-order valence-electron chi connectivity index (χ1n) is 8.40. The highest BCUT2D eigenvalue weighted by molar-refractivity contribution is 6.14. The van der Waals surface area contributed by atoms with Gasteiger partial charge in [-0.05, 0) is 36.4 Å². The van der Waals surface area contributed by atoms with Crippen molar-refractivity contribution in [3.63, 3.8) is 0 Å². The molecule has 10 heteroatoms. The maximum absolute atomic E-state index is 12.4. The number of halogens is 6. The fraction of sp³-hybridized carbons (Fsp3) is 0.100. The Hall–Kier alpha value is -3.56. The summed E-state index contributed by atoms with van der Waals surface area (Å²) in [5.74, 6) is -0.833. The number of alkyl halides is 6. The molecule has 0 radical (unpaired) electrons. The molecule has 5 aromatic rings. The molecule has 2 heterocycles. The van der Waals surface area contributed by atoms with Crippen molar-refractivity contribution >= 4 is 43.9 Å². The maximum atomic E-state index is 12.4. The van der Waals surface area contributed by atoms with Gasteiger partial charge < -0.3 is 18.3 Å². The summed E-state index contributed by atoms with van der Waals surface area (Å²) in [4.78, 5) is 0. The number of hydrogen-bond donors (Lipinski definition) is 0. The van der Waals surface area contributed by atoms with Gasteiger partial charge in [0.2, 0.25) is 0 Å². The van der Waals surface area contributed by atoms with E-state index in [0.29, 0.717) is 32.7 Å². The molecule has 0 aliphatic carbocycles. The van der Waals surface area contributed by atoms with Crippen LogP contribution in [0.25, 0.3) is 43.9 Å². The van der Waals surface area contributed by atoms with Crippen LogP contribution < -0.4 is 9.47 Å². The van der Waals surface area contributed by atoms with E-state index in [-0.39, 0.29) is 11.2 Å². The molecule has 0 unspecified atom stereocenters. The van der Waals surface area contributed by atoms with Gasteiger partial charge in [-0.1, -0.05) is 0 Å². The summed E-state index contributed by atoms with van der Waals surface area (Å²) in [5.41, 5.74) is 1.12. The summed E-state index contributed by atoms with van der Waals surface area (Å²) in [6.07, 6.45) is -9.65. The SMILES string of the molecule is FC(F)(F)Oc1ccc2c(c1)oc1cc3c(cc12)oc1cc(OC(F)(F)F)ccc13. The standard InChI is InChI=1S/C20H8F6O4/c21-19(22,23)29-9-1-3-11-13-7-18-14(8-17(13)27-15(11)5-9)12-4-2-10(6-16(12)28-18)30-20(24,25)26/h1-8H. The predicted octanol–water partition coefficient (Wildman–Crippen LogP) is 7.28. The molecule has 0 atom stereocenters. The van der Waals surface area contributed by atoms with Gasteiger partial charge in [-0.2, -0.15) is 0 Å². The molecule has 0 fully saturated rings. The zero-order chi connectivity index (χ0) is 21.3. The summed E-state index contributed by atoms with van der Waals surface area (Å²) < 4.78 is 93.7. The third-order valence-corrected chi connectivity index (χ3v) is 4.48. The summed E-state index contributed by atoms with van der Waals surface area (Å²) in [5, 5.41) is 2.20. The Balaban J connectivity index is 1.64. The van der Waals surface area contributed by atoms with Gasteiger partial charge >= 0.3 is 12.7 Å². The molecular formula is C20H8F6O4. The van der Waals surface area contributed by atoms with E-state index in [9.17, 15) is 26.3 Å². The minimum Gasteiger partial charge on any atom is -0.456 e. The van der Waals surface area contributed by atoms with Crippen LogP contribution in [0.5, 0.6) is 11.5 Å². The average molecular weight is 426 g/mol. The van der Waals surface area contributed by atoms with Crippen LogP contribution in [-0.2, 0) is 0 Å². The molecule has 0 saturated carbocycles. The van der Waals surface area contributed by atoms with Gasteiger partial charge in [0.1, 0.15) is 33.8 Å². The van der Waals surface area contributed by atoms with Crippen LogP contribution in [0.4, 0.5) is 26.3 Å². The molecule has 0 N–H and O–H groups in total. The second kappa shape index (κ2) is 5.97. The molecule has 0 spiro atoms. The molecule has 0 amide bonds. The van der Waals surface area contributed by atoms with Crippen molar-refractivity contribution < 1.29 is 44.7 Å². The molecule has 0 aliphatic rings. The zero-order valence-corrected chi connectivity index (χ0v) is 14.5. The number of benzene rings is 3. The van der Waals surface area contributed by atoms with Crippen molar-refractivity contribution in [1.82, 2.24) is 0 Å². The number of rotatable bonds is 2. The molecule has 5 rings (SSSR count). The summed E-state index contributed by atoms with van der Waals surface area (Å²) in [6, 6.07) is 10.7. The Kier molecular flexibility index (Phi) is 3.68. The van der Waals surface area contributed by atoms with Gasteiger partial charge in [0.15, 0.2) is 0 Å². The molecule has 154 valence electrons. The van der Waals surface area contributed by atoms with Gasteiger partial charge in [0.05, 0.1) is 0 Å². The fourth-order valence-corrected chi connectivity index (χ4v) is 3.40. The Morgan fingerprint density at radius 2 is 0.867 bits per heavy atom. The van der Waals surface area contributed by atoms with E-state index >= 15 is 0 Å². The van der Waals surface area contributed by atoms with Gasteiger partial charge in [-0.3, -0.25) is 0 Å². The number of furan rings is 2. The van der Waals surface area contributed by atoms with Gasteiger partial charge in [0.25, 0.3) is 0 Å². The van der Waals surface area contributed by atoms with Crippen molar-refractivity contribution in [2.75, 3.05) is 0 Å². The largest absolute Gasteiger partial charge is 0.573 e. The van der Waals surface area contributed by atoms with Crippen LogP contribution in [-0.4, -0.2) is 12.7 Å². The highest BCUT2D eigenvalue weighted by atomic mass is 19.4. The molecule has 2 aromatic heterocycles. The van der Waals surface area contributed by atoms with Gasteiger partial charge in [0, 0.05) is 33.7 Å². The lowest BCUT2D eigenvalue weighted by Crippen LogP contribution is -2.16. The van der Waals surface area contributed by atoms with Crippen LogP contribution in [0.3, 0.4) is 0 Å². The molecule has 0 saturated heterocycles. The first-order valence-corrected chi connectivity index (χ1v) is 8.40. The van der Waals surface area contributed by atoms with E-state index in [1.165, 1.54) is 12.1 Å². The Morgan fingerprint density at radius 1 is 0.500 bits per heavy atom. The first kappa shape index (κ1) is 18.5. The van der Waals surface area contributed by atoms with Crippen molar-refractivity contribution in [3.05, 3.63) is 48.5 Å². The third kappa shape index (κ3) is 3.23. The first-order chi connectivity index (χ1) is 14.1. The van der Waals surface area contributed by atoms with Crippen LogP contribution in [0.15, 0.2) is 57.4 Å². The smallest absolute Gasteiger partial charge is 0.456 e. The predicted molar refractivity (Wildman–Crippen MR) is 94.4 cm³/mol. The number of fused-ring (bicyclic) bond motifs is 6. The van der Waals surface area contributed by atoms with Crippen molar-refractivity contribution in [1.29, 1.82) is 0 Å². The van der Waals surface area contributed by atoms with Gasteiger partial charge in [-0.15, -0.1) is 26.3 Å². The summed E-state index contributed by atoms with van der Waals surface area (Å²) in [6.45, 7) is 0. The van der Waals surface area contributed by atoms with Crippen LogP contribution >= 0.6 is 0 Å². The van der Waals surface area contributed by atoms with Crippen LogP contribution in [0.1, 0.15) is 0 Å². The maximum Gasteiger partial charge on any atom is 0.573 e. The van der Waals surface area contributed by atoms with Crippen molar-refractivity contribution in [3.8, 4) is 11.5 Å². The quantitative estimate of drug-likeness (QED) is 0.278. The van der Waals surface area contributed by atoms with E-state index in [1.54, 1.807) is 12.1 Å². The monoisotopic (exact) mass is 426 g/mol. The van der Waals surface area contributed by atoms with Gasteiger partial charge in [-0.25, -0.2) is 0 Å². The third-order valence-electron chi connectivity index (χ3n) is 4.48. The summed E-state index contributed by atoms with van der Waals surface area (Å²) >= 11 is 0. The van der Waals surface area contributed by atoms with E-state index in [0.717, 1.165) is 24.3 Å². The molecule has 3 aromatic carbocycles. The van der Waals surface area contributed by atoms with E-state index in [2.05, 4.69) is 9.47 Å². The Morgan fingerprint density at radius 3 is 1.23 bits per heavy atom. The minimum absolute atomic E-state index is 0.185. The molecular weight excluding hydrogens is 418 g/mol. The molecule has 0 aliphatic heterocycles. The molecule has 0 bridgehead atoms. The fourth-order valence-electron chi connectivity index (χ4n) is 3.40.